The Morgan fingerprint density at radius 1 is 1.50 bits per heavy atom. The summed E-state index contributed by atoms with van der Waals surface area (Å²) in [7, 11) is 0. The Bertz CT molecular complexity index is 365. The van der Waals surface area contributed by atoms with Crippen LogP contribution in [0.15, 0.2) is 18.2 Å². The molecule has 2 rings (SSSR count). The molecule has 0 saturated carbocycles. The largest absolute Gasteiger partial charge is 0.394 e. The lowest BCUT2D eigenvalue weighted by molar-refractivity contribution is 0.268. The highest BCUT2D eigenvalue weighted by molar-refractivity contribution is 5.57. The van der Waals surface area contributed by atoms with Crippen molar-refractivity contribution in [3.8, 4) is 0 Å². The average molecular weight is 220 g/mol. The lowest BCUT2D eigenvalue weighted by Crippen LogP contribution is -2.29. The first-order chi connectivity index (χ1) is 7.76. The van der Waals surface area contributed by atoms with Gasteiger partial charge in [-0.1, -0.05) is 12.1 Å². The highest BCUT2D eigenvalue weighted by Crippen LogP contribution is 2.29. The van der Waals surface area contributed by atoms with Gasteiger partial charge < -0.3 is 15.7 Å². The number of anilines is 1. The first-order valence-electron chi connectivity index (χ1n) is 6.00. The number of nitrogens with zero attached hydrogens (tertiary/aromatic N) is 1. The van der Waals surface area contributed by atoms with Crippen LogP contribution in [0.4, 0.5) is 5.69 Å². The number of benzene rings is 1. The summed E-state index contributed by atoms with van der Waals surface area (Å²) in [6.07, 6.45) is 2.33. The third kappa shape index (κ3) is 2.06. The van der Waals surface area contributed by atoms with Crippen molar-refractivity contribution in [2.75, 3.05) is 24.6 Å². The molecular weight excluding hydrogens is 200 g/mol. The molecule has 3 heteroatoms. The van der Waals surface area contributed by atoms with Gasteiger partial charge >= 0.3 is 0 Å². The van der Waals surface area contributed by atoms with Crippen molar-refractivity contribution in [1.82, 2.24) is 0 Å². The molecule has 3 nitrogen and oxygen atoms in total. The molecule has 1 heterocycles. The molecule has 0 spiro atoms. The zero-order chi connectivity index (χ0) is 11.5. The summed E-state index contributed by atoms with van der Waals surface area (Å²) in [5.74, 6) is 0. The van der Waals surface area contributed by atoms with Crippen LogP contribution in [-0.2, 0) is 6.42 Å². The minimum atomic E-state index is -0.248. The zero-order valence-electron chi connectivity index (χ0n) is 9.82. The van der Waals surface area contributed by atoms with E-state index in [0.717, 1.165) is 25.1 Å². The zero-order valence-corrected chi connectivity index (χ0v) is 9.82. The van der Waals surface area contributed by atoms with Gasteiger partial charge in [0.2, 0.25) is 0 Å². The lowest BCUT2D eigenvalue weighted by atomic mass is 9.97. The smallest absolute Gasteiger partial charge is 0.0624 e. The molecular formula is C13H20N2O. The fourth-order valence-electron chi connectivity index (χ4n) is 2.36. The van der Waals surface area contributed by atoms with E-state index in [0.29, 0.717) is 0 Å². The fourth-order valence-corrected chi connectivity index (χ4v) is 2.36. The van der Waals surface area contributed by atoms with Gasteiger partial charge in [0.25, 0.3) is 0 Å². The molecule has 0 fully saturated rings. The van der Waals surface area contributed by atoms with Crippen LogP contribution < -0.4 is 10.6 Å². The van der Waals surface area contributed by atoms with Crippen LogP contribution in [0.1, 0.15) is 30.5 Å². The summed E-state index contributed by atoms with van der Waals surface area (Å²) >= 11 is 0. The predicted octanol–water partition coefficient (Wildman–Crippen LogP) is 1.45. The molecule has 0 bridgehead atoms. The summed E-state index contributed by atoms with van der Waals surface area (Å²) in [6.45, 7) is 4.39. The van der Waals surface area contributed by atoms with Crippen LogP contribution in [0, 0.1) is 0 Å². The van der Waals surface area contributed by atoms with E-state index in [4.69, 9.17) is 10.8 Å². The van der Waals surface area contributed by atoms with E-state index in [1.54, 1.807) is 0 Å². The Morgan fingerprint density at radius 2 is 2.31 bits per heavy atom. The maximum atomic E-state index is 9.06. The Balaban J connectivity index is 2.31. The molecule has 3 N–H and O–H groups in total. The van der Waals surface area contributed by atoms with Crippen molar-refractivity contribution in [1.29, 1.82) is 0 Å². The van der Waals surface area contributed by atoms with Crippen LogP contribution in [-0.4, -0.2) is 24.8 Å². The summed E-state index contributed by atoms with van der Waals surface area (Å²) in [4.78, 5) is 2.40. The van der Waals surface area contributed by atoms with Gasteiger partial charge in [-0.05, 0) is 37.0 Å². The lowest BCUT2D eigenvalue weighted by Gasteiger charge is -2.31. The third-order valence-electron chi connectivity index (χ3n) is 3.32. The second kappa shape index (κ2) is 4.85. The van der Waals surface area contributed by atoms with Crippen molar-refractivity contribution < 1.29 is 5.11 Å². The van der Waals surface area contributed by atoms with Crippen molar-refractivity contribution >= 4 is 5.69 Å². The minimum Gasteiger partial charge on any atom is -0.394 e. The molecule has 0 saturated heterocycles. The number of rotatable bonds is 3. The second-order valence-electron chi connectivity index (χ2n) is 4.36. The van der Waals surface area contributed by atoms with Crippen LogP contribution in [0.25, 0.3) is 0 Å². The van der Waals surface area contributed by atoms with E-state index in [1.165, 1.54) is 17.7 Å². The number of hydrogen-bond donors (Lipinski definition) is 2. The fraction of sp³-hybridized carbons (Fsp3) is 0.538. The number of aryl methyl sites for hydroxylation is 1. The van der Waals surface area contributed by atoms with Crippen molar-refractivity contribution in [2.45, 2.75) is 25.8 Å². The van der Waals surface area contributed by atoms with Crippen molar-refractivity contribution in [3.63, 3.8) is 0 Å². The molecule has 0 unspecified atom stereocenters. The summed E-state index contributed by atoms with van der Waals surface area (Å²) in [5.41, 5.74) is 9.58. The molecule has 0 radical (unpaired) electrons. The minimum absolute atomic E-state index is 0.0102. The summed E-state index contributed by atoms with van der Waals surface area (Å²) in [6, 6.07) is 6.08. The Labute approximate surface area is 96.9 Å². The first-order valence-corrected chi connectivity index (χ1v) is 6.00. The standard InChI is InChI=1S/C13H20N2O/c1-2-15-7-3-4-11-8-10(12(14)9-16)5-6-13(11)15/h5-6,8,12,16H,2-4,7,9,14H2,1H3/t12-/m1/s1. The van der Waals surface area contributed by atoms with Gasteiger partial charge in [0.1, 0.15) is 0 Å². The molecule has 1 aromatic rings. The number of aliphatic hydroxyl groups is 1. The second-order valence-corrected chi connectivity index (χ2v) is 4.36. The third-order valence-corrected chi connectivity index (χ3v) is 3.32. The number of fused-ring (bicyclic) bond motifs is 1. The molecule has 0 aliphatic carbocycles. The van der Waals surface area contributed by atoms with Gasteiger partial charge in [-0.15, -0.1) is 0 Å². The Kier molecular flexibility index (Phi) is 3.46. The van der Waals surface area contributed by atoms with Gasteiger partial charge in [0.15, 0.2) is 0 Å². The van der Waals surface area contributed by atoms with Crippen LogP contribution >= 0.6 is 0 Å². The van der Waals surface area contributed by atoms with Crippen LogP contribution in [0.3, 0.4) is 0 Å². The molecule has 1 aliphatic rings. The highest BCUT2D eigenvalue weighted by Gasteiger charge is 2.16. The summed E-state index contributed by atoms with van der Waals surface area (Å²) < 4.78 is 0. The van der Waals surface area contributed by atoms with E-state index >= 15 is 0 Å². The average Bonchev–Trinajstić information content (AvgIpc) is 2.36. The van der Waals surface area contributed by atoms with Crippen molar-refractivity contribution in [2.24, 2.45) is 5.73 Å². The van der Waals surface area contributed by atoms with Crippen LogP contribution in [0.5, 0.6) is 0 Å². The maximum Gasteiger partial charge on any atom is 0.0624 e. The number of aliphatic hydroxyl groups excluding tert-OH is 1. The first kappa shape index (κ1) is 11.4. The quantitative estimate of drug-likeness (QED) is 0.810. The molecule has 0 amide bonds. The normalized spacial score (nSPS) is 17.1. The van der Waals surface area contributed by atoms with E-state index in [-0.39, 0.29) is 12.6 Å². The topological polar surface area (TPSA) is 49.5 Å². The van der Waals surface area contributed by atoms with E-state index in [9.17, 15) is 0 Å². The monoisotopic (exact) mass is 220 g/mol. The Morgan fingerprint density at radius 3 is 3.00 bits per heavy atom. The number of hydrogen-bond acceptors (Lipinski definition) is 3. The van der Waals surface area contributed by atoms with Crippen LogP contribution in [0.2, 0.25) is 0 Å². The maximum absolute atomic E-state index is 9.06. The van der Waals surface area contributed by atoms with E-state index < -0.39 is 0 Å². The van der Waals surface area contributed by atoms with Gasteiger partial charge in [0, 0.05) is 18.8 Å². The molecule has 0 aromatic heterocycles. The van der Waals surface area contributed by atoms with Gasteiger partial charge in [0.05, 0.1) is 12.6 Å². The van der Waals surface area contributed by atoms with Gasteiger partial charge in [-0.3, -0.25) is 0 Å². The SMILES string of the molecule is CCN1CCCc2cc([C@H](N)CO)ccc21. The van der Waals surface area contributed by atoms with Crippen molar-refractivity contribution in [3.05, 3.63) is 29.3 Å². The van der Waals surface area contributed by atoms with Gasteiger partial charge in [-0.2, -0.15) is 0 Å². The molecule has 1 atom stereocenters. The highest BCUT2D eigenvalue weighted by atomic mass is 16.3. The molecule has 16 heavy (non-hydrogen) atoms. The molecule has 1 aromatic carbocycles. The number of nitrogens with two attached hydrogens (primary N) is 1. The molecule has 88 valence electrons. The Hall–Kier alpha value is -1.06. The van der Waals surface area contributed by atoms with Gasteiger partial charge in [-0.25, -0.2) is 0 Å². The predicted molar refractivity (Wildman–Crippen MR) is 66.7 cm³/mol. The summed E-state index contributed by atoms with van der Waals surface area (Å²) in [5, 5.41) is 9.06. The molecule has 1 aliphatic heterocycles. The van der Waals surface area contributed by atoms with E-state index in [2.05, 4.69) is 24.0 Å². The van der Waals surface area contributed by atoms with E-state index in [1.807, 2.05) is 6.07 Å².